The molecule has 0 spiro atoms. The van der Waals surface area contributed by atoms with Crippen LogP contribution in [0.1, 0.15) is 23.0 Å². The number of carbonyl (C=O) groups is 1. The molecule has 1 aliphatic rings. The Kier molecular flexibility index (Phi) is 4.80. The summed E-state index contributed by atoms with van der Waals surface area (Å²) >= 11 is 7.43. The molecule has 4 rings (SSSR count). The molecular weight excluding hydrogens is 382 g/mol. The Morgan fingerprint density at radius 2 is 1.96 bits per heavy atom. The molecule has 2 heterocycles. The molecule has 2 aromatic carbocycles. The number of nitrogens with one attached hydrogen (secondary N) is 2. The smallest absolute Gasteiger partial charge is 0.240 e. The first-order valence-electron chi connectivity index (χ1n) is 8.49. The van der Waals surface area contributed by atoms with Crippen LogP contribution in [0.5, 0.6) is 0 Å². The van der Waals surface area contributed by atoms with Crippen molar-refractivity contribution in [3.63, 3.8) is 0 Å². The molecule has 0 saturated carbocycles. The maximum absolute atomic E-state index is 13.1. The van der Waals surface area contributed by atoms with Crippen LogP contribution in [0.25, 0.3) is 0 Å². The topological polar surface area (TPSA) is 71.8 Å². The molecule has 0 bridgehead atoms. The van der Waals surface area contributed by atoms with E-state index in [4.69, 9.17) is 11.6 Å². The van der Waals surface area contributed by atoms with Gasteiger partial charge in [-0.2, -0.15) is 0 Å². The summed E-state index contributed by atoms with van der Waals surface area (Å²) in [5, 5.41) is 12.2. The lowest BCUT2D eigenvalue weighted by Gasteiger charge is -2.32. The molecule has 0 unspecified atom stereocenters. The van der Waals surface area contributed by atoms with E-state index in [0.29, 0.717) is 10.2 Å². The molecule has 0 saturated heterocycles. The van der Waals surface area contributed by atoms with Crippen molar-refractivity contribution < 1.29 is 4.79 Å². The maximum Gasteiger partial charge on any atom is 0.240 e. The van der Waals surface area contributed by atoms with Crippen molar-refractivity contribution in [1.82, 2.24) is 14.9 Å². The third kappa shape index (κ3) is 3.65. The summed E-state index contributed by atoms with van der Waals surface area (Å²) in [7, 11) is 0. The van der Waals surface area contributed by atoms with E-state index in [-0.39, 0.29) is 11.9 Å². The quantitative estimate of drug-likeness (QED) is 0.697. The van der Waals surface area contributed by atoms with Crippen LogP contribution in [0.15, 0.2) is 53.7 Å². The predicted molar refractivity (Wildman–Crippen MR) is 108 cm³/mol. The summed E-state index contributed by atoms with van der Waals surface area (Å²) in [4.78, 5) is 13.1. The minimum atomic E-state index is -0.414. The van der Waals surface area contributed by atoms with Crippen LogP contribution in [-0.2, 0) is 4.79 Å². The fraction of sp³-hybridized carbons (Fsp3) is 0.211. The third-order valence-corrected chi connectivity index (χ3v) is 5.84. The van der Waals surface area contributed by atoms with Gasteiger partial charge in [-0.1, -0.05) is 47.6 Å². The largest absolute Gasteiger partial charge is 0.325 e. The van der Waals surface area contributed by atoms with E-state index in [1.807, 2.05) is 67.1 Å². The van der Waals surface area contributed by atoms with Crippen molar-refractivity contribution in [3.05, 3.63) is 70.5 Å². The number of amides is 1. The highest BCUT2D eigenvalue weighted by molar-refractivity contribution is 8.00. The second kappa shape index (κ2) is 7.25. The number of carbonyl (C=O) groups excluding carboxylic acids is 1. The van der Waals surface area contributed by atoms with E-state index < -0.39 is 5.25 Å². The van der Waals surface area contributed by atoms with Crippen molar-refractivity contribution in [2.24, 2.45) is 0 Å². The number of thioether (sulfide) groups is 1. The number of anilines is 1. The van der Waals surface area contributed by atoms with E-state index in [9.17, 15) is 4.79 Å². The van der Waals surface area contributed by atoms with Gasteiger partial charge in [-0.15, -0.1) is 10.2 Å². The van der Waals surface area contributed by atoms with Crippen LogP contribution in [0.2, 0.25) is 5.02 Å². The van der Waals surface area contributed by atoms with Crippen molar-refractivity contribution in [3.8, 4) is 0 Å². The van der Waals surface area contributed by atoms with Gasteiger partial charge in [0.2, 0.25) is 11.1 Å². The summed E-state index contributed by atoms with van der Waals surface area (Å²) in [6.45, 7) is 3.87. The number of hydrogen-bond acceptors (Lipinski definition) is 5. The van der Waals surface area contributed by atoms with Gasteiger partial charge in [-0.05, 0) is 49.2 Å². The van der Waals surface area contributed by atoms with Gasteiger partial charge >= 0.3 is 0 Å². The first-order chi connectivity index (χ1) is 13.0. The summed E-state index contributed by atoms with van der Waals surface area (Å²) < 4.78 is 1.82. The van der Waals surface area contributed by atoms with E-state index in [0.717, 1.165) is 22.6 Å². The molecule has 0 fully saturated rings. The van der Waals surface area contributed by atoms with Gasteiger partial charge in [0.05, 0.1) is 6.04 Å². The van der Waals surface area contributed by atoms with Gasteiger partial charge in [0.15, 0.2) is 0 Å². The van der Waals surface area contributed by atoms with Crippen molar-refractivity contribution in [2.45, 2.75) is 30.3 Å². The number of rotatable bonds is 3. The highest BCUT2D eigenvalue weighted by Crippen LogP contribution is 2.37. The van der Waals surface area contributed by atoms with Crippen LogP contribution >= 0.6 is 23.4 Å². The van der Waals surface area contributed by atoms with Gasteiger partial charge in [0, 0.05) is 10.7 Å². The molecule has 138 valence electrons. The minimum Gasteiger partial charge on any atom is -0.325 e. The summed E-state index contributed by atoms with van der Waals surface area (Å²) in [6, 6.07) is 15.0. The van der Waals surface area contributed by atoms with Crippen molar-refractivity contribution in [2.75, 3.05) is 10.7 Å². The normalized spacial score (nSPS) is 18.5. The zero-order valence-electron chi connectivity index (χ0n) is 14.8. The molecule has 1 amide bonds. The molecule has 2 N–H and O–H groups in total. The summed E-state index contributed by atoms with van der Waals surface area (Å²) in [5.41, 5.74) is 6.21. The molecular formula is C19H18ClN5OS. The van der Waals surface area contributed by atoms with E-state index in [1.165, 1.54) is 11.8 Å². The Labute approximate surface area is 166 Å². The second-order valence-corrected chi connectivity index (χ2v) is 7.97. The molecule has 0 radical (unpaired) electrons. The fourth-order valence-electron chi connectivity index (χ4n) is 3.02. The van der Waals surface area contributed by atoms with E-state index in [1.54, 1.807) is 0 Å². The first kappa shape index (κ1) is 17.9. The molecule has 1 aromatic heterocycles. The zero-order valence-corrected chi connectivity index (χ0v) is 16.4. The monoisotopic (exact) mass is 399 g/mol. The SMILES string of the molecule is Cc1cccc(NC(=O)[C@H]2Sc3nnc(C)n3N[C@H]2c2ccc(Cl)cc2)c1. The second-order valence-electron chi connectivity index (χ2n) is 6.42. The predicted octanol–water partition coefficient (Wildman–Crippen LogP) is 3.95. The summed E-state index contributed by atoms with van der Waals surface area (Å²) in [6.07, 6.45) is 0. The van der Waals surface area contributed by atoms with Crippen molar-refractivity contribution in [1.29, 1.82) is 0 Å². The lowest BCUT2D eigenvalue weighted by Crippen LogP contribution is -2.41. The number of nitrogens with zero attached hydrogens (tertiary/aromatic N) is 3. The third-order valence-electron chi connectivity index (χ3n) is 4.37. The number of fused-ring (bicyclic) bond motifs is 1. The Morgan fingerprint density at radius 3 is 2.70 bits per heavy atom. The standard InChI is InChI=1S/C19H18ClN5OS/c1-11-4-3-5-15(10-11)21-18(26)17-16(13-6-8-14(20)9-7-13)24-25-12(2)22-23-19(25)27-17/h3-10,16-17,24H,1-2H3,(H,21,26)/t16-,17-/m0/s1. The van der Waals surface area contributed by atoms with Crippen LogP contribution in [0.3, 0.4) is 0 Å². The number of aryl methyl sites for hydroxylation is 2. The highest BCUT2D eigenvalue weighted by Gasteiger charge is 2.37. The maximum atomic E-state index is 13.1. The van der Waals surface area contributed by atoms with Crippen LogP contribution in [-0.4, -0.2) is 26.0 Å². The zero-order chi connectivity index (χ0) is 19.0. The van der Waals surface area contributed by atoms with E-state index in [2.05, 4.69) is 20.9 Å². The molecule has 3 aromatic rings. The molecule has 0 aliphatic carbocycles. The van der Waals surface area contributed by atoms with Gasteiger partial charge in [0.25, 0.3) is 0 Å². The average Bonchev–Trinajstić information content (AvgIpc) is 3.02. The van der Waals surface area contributed by atoms with Gasteiger partial charge in [-0.25, -0.2) is 4.68 Å². The summed E-state index contributed by atoms with van der Waals surface area (Å²) in [5.74, 6) is 0.652. The Hall–Kier alpha value is -2.51. The fourth-order valence-corrected chi connectivity index (χ4v) is 4.27. The lowest BCUT2D eigenvalue weighted by molar-refractivity contribution is -0.116. The Balaban J connectivity index is 1.66. The molecule has 2 atom stereocenters. The minimum absolute atomic E-state index is 0.0926. The van der Waals surface area contributed by atoms with E-state index >= 15 is 0 Å². The lowest BCUT2D eigenvalue weighted by atomic mass is 10.0. The molecule has 6 nitrogen and oxygen atoms in total. The number of aromatic nitrogens is 3. The average molecular weight is 400 g/mol. The van der Waals surface area contributed by atoms with Crippen molar-refractivity contribution >= 4 is 35.0 Å². The van der Waals surface area contributed by atoms with Gasteiger partial charge in [0.1, 0.15) is 11.1 Å². The molecule has 8 heteroatoms. The number of halogens is 1. The Morgan fingerprint density at radius 1 is 1.19 bits per heavy atom. The highest BCUT2D eigenvalue weighted by atomic mass is 35.5. The van der Waals surface area contributed by atoms with Crippen LogP contribution in [0.4, 0.5) is 5.69 Å². The van der Waals surface area contributed by atoms with Crippen LogP contribution < -0.4 is 10.7 Å². The van der Waals surface area contributed by atoms with Gasteiger partial charge < -0.3 is 10.7 Å². The Bertz CT molecular complexity index is 988. The number of benzene rings is 2. The molecule has 27 heavy (non-hydrogen) atoms. The molecule has 1 aliphatic heterocycles. The number of hydrogen-bond donors (Lipinski definition) is 2. The first-order valence-corrected chi connectivity index (χ1v) is 9.75. The van der Waals surface area contributed by atoms with Gasteiger partial charge in [-0.3, -0.25) is 4.79 Å². The van der Waals surface area contributed by atoms with Crippen LogP contribution in [0, 0.1) is 13.8 Å².